The van der Waals surface area contributed by atoms with E-state index in [0.29, 0.717) is 16.9 Å². The minimum Gasteiger partial charge on any atom is -0.370 e. The lowest BCUT2D eigenvalue weighted by Crippen LogP contribution is -2.28. The first-order valence-corrected chi connectivity index (χ1v) is 7.62. The predicted octanol–water partition coefficient (Wildman–Crippen LogP) is 1.34. The number of nitrogens with two attached hydrogens (primary N) is 1. The van der Waals surface area contributed by atoms with Gasteiger partial charge in [0.25, 0.3) is 5.91 Å². The lowest BCUT2D eigenvalue weighted by Gasteiger charge is -2.10. The van der Waals surface area contributed by atoms with Gasteiger partial charge in [0.2, 0.25) is 11.8 Å². The van der Waals surface area contributed by atoms with E-state index in [-0.39, 0.29) is 18.9 Å². The van der Waals surface area contributed by atoms with Crippen molar-refractivity contribution in [1.29, 1.82) is 0 Å². The van der Waals surface area contributed by atoms with Crippen LogP contribution in [0.2, 0.25) is 0 Å². The number of primary amides is 1. The van der Waals surface area contributed by atoms with E-state index < -0.39 is 11.8 Å². The van der Waals surface area contributed by atoms with Gasteiger partial charge in [0.1, 0.15) is 0 Å². The molecule has 7 heteroatoms. The number of anilines is 1. The zero-order chi connectivity index (χ0) is 18.1. The summed E-state index contributed by atoms with van der Waals surface area (Å²) in [5, 5.41) is 5.24. The molecule has 0 unspecified atom stereocenters. The molecule has 1 aromatic carbocycles. The lowest BCUT2D eigenvalue weighted by molar-refractivity contribution is -0.118. The molecule has 128 valence electrons. The molecule has 0 saturated carbocycles. The van der Waals surface area contributed by atoms with E-state index in [0.717, 1.165) is 0 Å². The molecule has 25 heavy (non-hydrogen) atoms. The smallest absolute Gasteiger partial charge is 0.253 e. The molecule has 0 aliphatic rings. The Morgan fingerprint density at radius 3 is 2.56 bits per heavy atom. The van der Waals surface area contributed by atoms with E-state index in [4.69, 9.17) is 5.73 Å². The van der Waals surface area contributed by atoms with Crippen molar-refractivity contribution in [1.82, 2.24) is 10.3 Å². The summed E-state index contributed by atoms with van der Waals surface area (Å²) in [7, 11) is 0. The molecule has 4 N–H and O–H groups in total. The lowest BCUT2D eigenvalue weighted by atomic mass is 10.1. The average Bonchev–Trinajstić information content (AvgIpc) is 2.61. The van der Waals surface area contributed by atoms with Crippen LogP contribution in [0.4, 0.5) is 5.69 Å². The Labute approximate surface area is 144 Å². The summed E-state index contributed by atoms with van der Waals surface area (Å²) < 4.78 is 0. The van der Waals surface area contributed by atoms with Gasteiger partial charge in [-0.25, -0.2) is 0 Å². The third-order valence-corrected chi connectivity index (χ3v) is 3.18. The number of hydrogen-bond donors (Lipinski definition) is 3. The number of amides is 3. The summed E-state index contributed by atoms with van der Waals surface area (Å²) in [5.41, 5.74) is 6.35. The van der Waals surface area contributed by atoms with Crippen molar-refractivity contribution in [3.05, 3.63) is 66.0 Å². The summed E-state index contributed by atoms with van der Waals surface area (Å²) in [6.07, 6.45) is 4.59. The molecular formula is C18H18N4O3. The van der Waals surface area contributed by atoms with E-state index in [1.54, 1.807) is 48.7 Å². The maximum atomic E-state index is 12.2. The van der Waals surface area contributed by atoms with E-state index in [1.807, 2.05) is 6.07 Å². The summed E-state index contributed by atoms with van der Waals surface area (Å²) >= 11 is 0. The highest BCUT2D eigenvalue weighted by Gasteiger charge is 2.12. The molecule has 0 saturated heterocycles. The number of nitrogens with zero attached hydrogens (tertiary/aromatic N) is 1. The summed E-state index contributed by atoms with van der Waals surface area (Å²) in [6.45, 7) is 0.135. The molecule has 1 aromatic heterocycles. The quantitative estimate of drug-likeness (QED) is 0.661. The zero-order valence-corrected chi connectivity index (χ0v) is 13.4. The Balaban J connectivity index is 2.02. The molecule has 0 fully saturated rings. The van der Waals surface area contributed by atoms with Crippen LogP contribution in [0.1, 0.15) is 22.5 Å². The number of aromatic nitrogens is 1. The molecular weight excluding hydrogens is 320 g/mol. The molecule has 0 aliphatic heterocycles. The van der Waals surface area contributed by atoms with Crippen LogP contribution in [0, 0.1) is 0 Å². The maximum absolute atomic E-state index is 12.2. The highest BCUT2D eigenvalue weighted by atomic mass is 16.2. The Morgan fingerprint density at radius 1 is 1.08 bits per heavy atom. The molecule has 0 atom stereocenters. The fourth-order valence-corrected chi connectivity index (χ4v) is 1.99. The van der Waals surface area contributed by atoms with Gasteiger partial charge < -0.3 is 16.4 Å². The Bertz CT molecular complexity index is 788. The second kappa shape index (κ2) is 8.97. The number of carbonyl (C=O) groups is 3. The first-order chi connectivity index (χ1) is 12.1. The summed E-state index contributed by atoms with van der Waals surface area (Å²) in [5.74, 6) is -1.28. The topological polar surface area (TPSA) is 114 Å². The predicted molar refractivity (Wildman–Crippen MR) is 94.5 cm³/mol. The van der Waals surface area contributed by atoms with E-state index in [9.17, 15) is 14.4 Å². The third-order valence-electron chi connectivity index (χ3n) is 3.18. The summed E-state index contributed by atoms with van der Waals surface area (Å²) in [6, 6.07) is 12.0. The second-order valence-electron chi connectivity index (χ2n) is 5.09. The average molecular weight is 338 g/mol. The number of carbonyl (C=O) groups excluding carboxylic acids is 3. The monoisotopic (exact) mass is 338 g/mol. The van der Waals surface area contributed by atoms with Crippen molar-refractivity contribution in [2.45, 2.75) is 6.42 Å². The van der Waals surface area contributed by atoms with Gasteiger partial charge in [-0.15, -0.1) is 0 Å². The van der Waals surface area contributed by atoms with Crippen molar-refractivity contribution in [3.63, 3.8) is 0 Å². The van der Waals surface area contributed by atoms with Gasteiger partial charge in [0.05, 0.1) is 16.9 Å². The standard InChI is InChI=1S/C18H18N4O3/c19-16(23)10-12-21-18(25)14-6-1-2-7-15(14)22-17(24)9-8-13-5-3-4-11-20-13/h1-9,11H,10,12H2,(H2,19,23)(H,21,25)(H,22,24)/b9-8+. The fraction of sp³-hybridized carbons (Fsp3) is 0.111. The first kappa shape index (κ1) is 17.9. The number of benzene rings is 1. The van der Waals surface area contributed by atoms with E-state index in [1.165, 1.54) is 6.08 Å². The van der Waals surface area contributed by atoms with Gasteiger partial charge in [-0.1, -0.05) is 18.2 Å². The van der Waals surface area contributed by atoms with Gasteiger partial charge in [0, 0.05) is 25.2 Å². The highest BCUT2D eigenvalue weighted by Crippen LogP contribution is 2.15. The number of hydrogen-bond acceptors (Lipinski definition) is 4. The van der Waals surface area contributed by atoms with Crippen molar-refractivity contribution >= 4 is 29.5 Å². The molecule has 0 bridgehead atoms. The molecule has 1 heterocycles. The van der Waals surface area contributed by atoms with Crippen LogP contribution in [-0.4, -0.2) is 29.3 Å². The second-order valence-corrected chi connectivity index (χ2v) is 5.09. The minimum atomic E-state index is -0.499. The van der Waals surface area contributed by atoms with Crippen LogP contribution in [0.25, 0.3) is 6.08 Å². The van der Waals surface area contributed by atoms with Crippen LogP contribution in [0.5, 0.6) is 0 Å². The molecule has 3 amide bonds. The Morgan fingerprint density at radius 2 is 1.84 bits per heavy atom. The van der Waals surface area contributed by atoms with Gasteiger partial charge in [-0.3, -0.25) is 19.4 Å². The molecule has 0 spiro atoms. The SMILES string of the molecule is NC(=O)CCNC(=O)c1ccccc1NC(=O)/C=C/c1ccccn1. The zero-order valence-electron chi connectivity index (χ0n) is 13.4. The van der Waals surface area contributed by atoms with Gasteiger partial charge in [0.15, 0.2) is 0 Å². The molecule has 7 nitrogen and oxygen atoms in total. The van der Waals surface area contributed by atoms with Crippen LogP contribution in [0.3, 0.4) is 0 Å². The first-order valence-electron chi connectivity index (χ1n) is 7.62. The normalized spacial score (nSPS) is 10.4. The molecule has 2 aromatic rings. The Kier molecular flexibility index (Phi) is 6.41. The molecule has 2 rings (SSSR count). The van der Waals surface area contributed by atoms with E-state index in [2.05, 4.69) is 15.6 Å². The van der Waals surface area contributed by atoms with Gasteiger partial charge in [-0.2, -0.15) is 0 Å². The fourth-order valence-electron chi connectivity index (χ4n) is 1.99. The Hall–Kier alpha value is -3.48. The number of nitrogens with one attached hydrogen (secondary N) is 2. The highest BCUT2D eigenvalue weighted by molar-refractivity contribution is 6.07. The maximum Gasteiger partial charge on any atom is 0.253 e. The number of rotatable bonds is 7. The van der Waals surface area contributed by atoms with Crippen LogP contribution < -0.4 is 16.4 Å². The molecule has 0 aliphatic carbocycles. The third kappa shape index (κ3) is 5.91. The van der Waals surface area contributed by atoms with Crippen LogP contribution in [-0.2, 0) is 9.59 Å². The number of pyridine rings is 1. The minimum absolute atomic E-state index is 0.0487. The van der Waals surface area contributed by atoms with Gasteiger partial charge in [-0.05, 0) is 30.3 Å². The largest absolute Gasteiger partial charge is 0.370 e. The summed E-state index contributed by atoms with van der Waals surface area (Å²) in [4.78, 5) is 39.0. The van der Waals surface area contributed by atoms with Crippen molar-refractivity contribution in [2.75, 3.05) is 11.9 Å². The van der Waals surface area contributed by atoms with Crippen molar-refractivity contribution in [2.24, 2.45) is 5.73 Å². The van der Waals surface area contributed by atoms with Crippen molar-refractivity contribution in [3.8, 4) is 0 Å². The number of para-hydroxylation sites is 1. The van der Waals surface area contributed by atoms with Crippen molar-refractivity contribution < 1.29 is 14.4 Å². The van der Waals surface area contributed by atoms with Gasteiger partial charge >= 0.3 is 0 Å². The molecule has 0 radical (unpaired) electrons. The van der Waals surface area contributed by atoms with E-state index >= 15 is 0 Å². The van der Waals surface area contributed by atoms with Crippen LogP contribution in [0.15, 0.2) is 54.7 Å². The van der Waals surface area contributed by atoms with Crippen LogP contribution >= 0.6 is 0 Å².